The minimum Gasteiger partial charge on any atom is -0.377 e. The molecule has 1 aliphatic heterocycles. The molecule has 1 heterocycles. The molecule has 1 nitrogen and oxygen atoms in total. The van der Waals surface area contributed by atoms with Crippen LogP contribution in [0.2, 0.25) is 0 Å². The number of ether oxygens (including phenoxy) is 1. The largest absolute Gasteiger partial charge is 0.377 e. The number of benzene rings is 1. The van der Waals surface area contributed by atoms with Gasteiger partial charge in [0.25, 0.3) is 0 Å². The highest BCUT2D eigenvalue weighted by Crippen LogP contribution is 2.60. The van der Waals surface area contributed by atoms with Gasteiger partial charge in [-0.3, -0.25) is 0 Å². The third-order valence-corrected chi connectivity index (χ3v) is 12.1. The molecule has 36 heavy (non-hydrogen) atoms. The number of hydrogen-bond acceptors (Lipinski definition) is 1. The van der Waals surface area contributed by atoms with Crippen LogP contribution in [0, 0.1) is 22.7 Å². The maximum absolute atomic E-state index is 5.42. The van der Waals surface area contributed by atoms with Gasteiger partial charge in [-0.1, -0.05) is 127 Å². The predicted octanol–water partition coefficient (Wildman–Crippen LogP) is 10.7. The Kier molecular flexibility index (Phi) is 9.57. The van der Waals surface area contributed by atoms with Crippen LogP contribution in [-0.2, 0) is 15.6 Å². The second kappa shape index (κ2) is 11.4. The zero-order valence-electron chi connectivity index (χ0n) is 25.2. The van der Waals surface area contributed by atoms with E-state index in [2.05, 4.69) is 116 Å². The fraction of sp³-hybridized carbons (Fsp3) is 0.765. The number of rotatable bonds is 1. The molecule has 0 radical (unpaired) electrons. The summed E-state index contributed by atoms with van der Waals surface area (Å²) in [6.07, 6.45) is 10.1. The highest BCUT2D eigenvalue weighted by Gasteiger charge is 2.50. The first-order chi connectivity index (χ1) is 16.7. The number of alkyl halides is 1. The Morgan fingerprint density at radius 3 is 1.53 bits per heavy atom. The van der Waals surface area contributed by atoms with Crippen molar-refractivity contribution in [1.82, 2.24) is 0 Å². The quantitative estimate of drug-likeness (QED) is 0.175. The first-order valence-corrected chi connectivity index (χ1v) is 16.2. The van der Waals surface area contributed by atoms with E-state index >= 15 is 0 Å². The van der Waals surface area contributed by atoms with Gasteiger partial charge >= 0.3 is 0 Å². The van der Waals surface area contributed by atoms with Crippen LogP contribution in [-0.4, -0.2) is 17.1 Å². The van der Waals surface area contributed by atoms with Crippen LogP contribution in [0.15, 0.2) is 35.4 Å². The van der Waals surface area contributed by atoms with Crippen molar-refractivity contribution in [2.75, 3.05) is 11.0 Å². The zero-order chi connectivity index (χ0) is 26.9. The second-order valence-corrected chi connectivity index (χ2v) is 15.1. The molecule has 0 spiro atoms. The fourth-order valence-electron chi connectivity index (χ4n) is 7.66. The molecule has 1 saturated heterocycles. The van der Waals surface area contributed by atoms with Gasteiger partial charge in [0, 0.05) is 12.5 Å². The Morgan fingerprint density at radius 2 is 1.17 bits per heavy atom. The van der Waals surface area contributed by atoms with Crippen LogP contribution in [0.4, 0.5) is 0 Å². The van der Waals surface area contributed by atoms with Crippen molar-refractivity contribution in [3.8, 4) is 0 Å². The summed E-state index contributed by atoms with van der Waals surface area (Å²) >= 11 is 2.38. The van der Waals surface area contributed by atoms with Gasteiger partial charge in [0.2, 0.25) is 0 Å². The Bertz CT molecular complexity index is 856. The lowest BCUT2D eigenvalue weighted by molar-refractivity contribution is 0.0333. The molecule has 1 unspecified atom stereocenters. The minimum atomic E-state index is 0. The van der Waals surface area contributed by atoms with Crippen molar-refractivity contribution in [2.45, 2.75) is 131 Å². The molecule has 4 aliphatic rings. The van der Waals surface area contributed by atoms with E-state index in [0.717, 1.165) is 17.0 Å². The van der Waals surface area contributed by atoms with E-state index in [4.69, 9.17) is 4.74 Å². The molecule has 0 saturated carbocycles. The lowest BCUT2D eigenvalue weighted by Crippen LogP contribution is -2.30. The predicted molar refractivity (Wildman–Crippen MR) is 168 cm³/mol. The van der Waals surface area contributed by atoms with Crippen LogP contribution < -0.4 is 0 Å². The van der Waals surface area contributed by atoms with Crippen LogP contribution in [0.1, 0.15) is 127 Å². The highest BCUT2D eigenvalue weighted by molar-refractivity contribution is 14.1. The Balaban J connectivity index is 0.000000200. The number of hydrogen-bond donors (Lipinski definition) is 0. The first kappa shape index (κ1) is 30.2. The van der Waals surface area contributed by atoms with E-state index in [0.29, 0.717) is 33.7 Å². The van der Waals surface area contributed by atoms with E-state index in [1.807, 2.05) is 0 Å². The molecule has 0 amide bonds. The van der Waals surface area contributed by atoms with E-state index in [9.17, 15) is 0 Å². The van der Waals surface area contributed by atoms with E-state index in [1.165, 1.54) is 56.1 Å². The van der Waals surface area contributed by atoms with E-state index in [1.54, 1.807) is 11.1 Å². The van der Waals surface area contributed by atoms with Crippen molar-refractivity contribution in [2.24, 2.45) is 22.7 Å². The molecule has 1 aromatic rings. The Morgan fingerprint density at radius 1 is 0.722 bits per heavy atom. The van der Waals surface area contributed by atoms with Crippen molar-refractivity contribution < 1.29 is 6.16 Å². The summed E-state index contributed by atoms with van der Waals surface area (Å²) in [5.41, 5.74) is 8.25. The van der Waals surface area contributed by atoms with Gasteiger partial charge in [-0.25, -0.2) is 0 Å². The molecular weight excluding hydrogens is 551 g/mol. The average Bonchev–Trinajstić information content (AvgIpc) is 3.10. The Labute approximate surface area is 239 Å². The molecule has 2 heteroatoms. The maximum atomic E-state index is 5.42. The van der Waals surface area contributed by atoms with Crippen LogP contribution in [0.5, 0.6) is 0 Å². The number of halogens is 1. The second-order valence-electron chi connectivity index (χ2n) is 14.2. The first-order valence-electron chi connectivity index (χ1n) is 14.7. The maximum Gasteiger partial charge on any atom is 0.0664 e. The van der Waals surface area contributed by atoms with Gasteiger partial charge in [0.15, 0.2) is 0 Å². The summed E-state index contributed by atoms with van der Waals surface area (Å²) < 4.78 is 6.58. The van der Waals surface area contributed by atoms with E-state index in [-0.39, 0.29) is 1.43 Å². The summed E-state index contributed by atoms with van der Waals surface area (Å²) in [5.74, 6) is 1.51. The van der Waals surface area contributed by atoms with Gasteiger partial charge in [-0.05, 0) is 89.6 Å². The summed E-state index contributed by atoms with van der Waals surface area (Å²) in [6.45, 7) is 25.1. The topological polar surface area (TPSA) is 9.23 Å². The molecule has 3 aliphatic carbocycles. The van der Waals surface area contributed by atoms with Gasteiger partial charge in [0.05, 0.1) is 6.10 Å². The lowest BCUT2D eigenvalue weighted by atomic mass is 9.69. The Hall–Kier alpha value is -0.350. The average molecular weight is 609 g/mol. The summed E-state index contributed by atoms with van der Waals surface area (Å²) in [5, 5.41) is 0. The molecule has 1 fully saturated rings. The van der Waals surface area contributed by atoms with Crippen molar-refractivity contribution in [3.05, 3.63) is 46.5 Å². The summed E-state index contributed by atoms with van der Waals surface area (Å²) in [4.78, 5) is 0. The van der Waals surface area contributed by atoms with Crippen molar-refractivity contribution in [1.29, 1.82) is 0 Å². The SMILES string of the molecule is CC1C(C)(C)C2=C(CCCC2)C1(C)C.CC1C(C)(C)c2ccccc2C1(C)C.ICC1CCCCO1.[HH]. The molecular formula is C34H57IO. The third-order valence-electron chi connectivity index (χ3n) is 11.1. The molecule has 1 atom stereocenters. The van der Waals surface area contributed by atoms with Crippen LogP contribution in [0.25, 0.3) is 0 Å². The molecule has 0 bridgehead atoms. The van der Waals surface area contributed by atoms with Crippen LogP contribution in [0.3, 0.4) is 0 Å². The lowest BCUT2D eigenvalue weighted by Gasteiger charge is -2.35. The van der Waals surface area contributed by atoms with Crippen molar-refractivity contribution in [3.63, 3.8) is 0 Å². The molecule has 0 N–H and O–H groups in total. The monoisotopic (exact) mass is 608 g/mol. The number of fused-ring (bicyclic) bond motifs is 1. The third kappa shape index (κ3) is 5.65. The minimum absolute atomic E-state index is 0. The van der Waals surface area contributed by atoms with Gasteiger partial charge in [-0.15, -0.1) is 0 Å². The van der Waals surface area contributed by atoms with Gasteiger partial charge < -0.3 is 4.74 Å². The number of allylic oxidation sites excluding steroid dienone is 2. The highest BCUT2D eigenvalue weighted by atomic mass is 127. The van der Waals surface area contributed by atoms with E-state index < -0.39 is 0 Å². The van der Waals surface area contributed by atoms with Crippen molar-refractivity contribution >= 4 is 22.6 Å². The normalized spacial score (nSPS) is 27.8. The zero-order valence-corrected chi connectivity index (χ0v) is 27.3. The fourth-order valence-corrected chi connectivity index (χ4v) is 8.35. The van der Waals surface area contributed by atoms with Gasteiger partial charge in [0.1, 0.15) is 0 Å². The summed E-state index contributed by atoms with van der Waals surface area (Å²) in [6, 6.07) is 8.91. The summed E-state index contributed by atoms with van der Waals surface area (Å²) in [7, 11) is 0. The van der Waals surface area contributed by atoms with Crippen LogP contribution >= 0.6 is 22.6 Å². The van der Waals surface area contributed by atoms with Gasteiger partial charge in [-0.2, -0.15) is 0 Å². The molecule has 206 valence electrons. The molecule has 0 aromatic heterocycles. The smallest absolute Gasteiger partial charge is 0.0664 e. The molecule has 5 rings (SSSR count). The molecule has 1 aromatic carbocycles. The standard InChI is InChI=1S/C14H24.C14H20.C6H11IO.H2/c2*1-10-13(2,3)11-8-6-7-9-12(11)14(10,4)5;7-5-6-3-1-2-4-8-6;/h10H,6-9H2,1-5H3;6-10H,1-5H3;6H,1-5H2;1H.